The molecule has 23 heavy (non-hydrogen) atoms. The Morgan fingerprint density at radius 2 is 1.74 bits per heavy atom. The van der Waals surface area contributed by atoms with E-state index in [-0.39, 0.29) is 26.8 Å². The van der Waals surface area contributed by atoms with E-state index in [1.165, 1.54) is 5.56 Å². The summed E-state index contributed by atoms with van der Waals surface area (Å²) in [5.41, 5.74) is 2.39. The number of aromatic nitrogens is 3. The first-order valence-electron chi connectivity index (χ1n) is 6.96. The van der Waals surface area contributed by atoms with Gasteiger partial charge in [-0.05, 0) is 18.4 Å². The van der Waals surface area contributed by atoms with Gasteiger partial charge in [0, 0.05) is 12.7 Å². The van der Waals surface area contributed by atoms with Gasteiger partial charge in [-0.15, -0.1) is 5.10 Å². The fourth-order valence-electron chi connectivity index (χ4n) is 1.64. The normalized spacial score (nSPS) is 10.4. The van der Waals surface area contributed by atoms with E-state index < -0.39 is 10.0 Å². The Hall–Kier alpha value is -1.04. The van der Waals surface area contributed by atoms with Crippen molar-refractivity contribution in [3.63, 3.8) is 0 Å². The Labute approximate surface area is 152 Å². The van der Waals surface area contributed by atoms with Gasteiger partial charge in [0.05, 0.1) is 5.69 Å². The molecule has 0 saturated carbocycles. The summed E-state index contributed by atoms with van der Waals surface area (Å²) in [6, 6.07) is 10.4. The number of sulfonamides is 1. The van der Waals surface area contributed by atoms with Crippen LogP contribution in [0.2, 0.25) is 0 Å². The van der Waals surface area contributed by atoms with E-state index in [0.717, 1.165) is 31.5 Å². The second-order valence-corrected chi connectivity index (χ2v) is 6.41. The molecule has 0 amide bonds. The monoisotopic (exact) mass is 506 g/mol. The molecule has 2 aromatic rings. The molecule has 0 spiro atoms. The quantitative estimate of drug-likeness (QED) is 0.600. The molecule has 2 rings (SSSR count). The molecule has 8 heteroatoms. The van der Waals surface area contributed by atoms with Gasteiger partial charge in [-0.3, -0.25) is 4.68 Å². The van der Waals surface area contributed by atoms with Gasteiger partial charge < -0.3 is 13.8 Å². The van der Waals surface area contributed by atoms with Gasteiger partial charge in [-0.1, -0.05) is 41.3 Å². The Balaban J connectivity index is 0.000000599. The van der Waals surface area contributed by atoms with Crippen LogP contribution in [0.4, 0.5) is 0 Å². The average molecular weight is 506 g/mol. The van der Waals surface area contributed by atoms with Crippen LogP contribution in [-0.2, 0) is 50.5 Å². The Bertz CT molecular complexity index is 645. The number of nitrogens with two attached hydrogens (primary N) is 1. The van der Waals surface area contributed by atoms with Crippen LogP contribution in [0.25, 0.3) is 0 Å². The smallest absolute Gasteiger partial charge is 0.342 e. The number of benzene rings is 1. The van der Waals surface area contributed by atoms with Crippen molar-refractivity contribution in [3.8, 4) is 0 Å². The second-order valence-electron chi connectivity index (χ2n) is 4.68. The molecule has 2 N–H and O–H groups in total. The number of nitrogens with zero attached hydrogens (tertiary/aromatic N) is 3. The molecule has 0 bridgehead atoms. The molecule has 0 atom stereocenters. The van der Waals surface area contributed by atoms with Crippen LogP contribution in [0, 0.1) is 13.8 Å². The maximum Gasteiger partial charge on any atom is 2.00 e. The topological polar surface area (TPSA) is 90.9 Å². The molecular weight excluding hydrogens is 484 g/mol. The summed E-state index contributed by atoms with van der Waals surface area (Å²) in [5.74, 6) is -0.229. The molecule has 0 aliphatic heterocycles. The van der Waals surface area contributed by atoms with Crippen molar-refractivity contribution in [3.05, 3.63) is 61.6 Å². The first-order chi connectivity index (χ1) is 10.4. The van der Waals surface area contributed by atoms with E-state index in [0.29, 0.717) is 0 Å². The van der Waals surface area contributed by atoms with Gasteiger partial charge in [-0.2, -0.15) is 6.42 Å². The minimum absolute atomic E-state index is 0. The molecule has 0 aliphatic carbocycles. The summed E-state index contributed by atoms with van der Waals surface area (Å²) in [7, 11) is -3.27. The van der Waals surface area contributed by atoms with Crippen molar-refractivity contribution in [2.75, 3.05) is 5.75 Å². The maximum absolute atomic E-state index is 9.72. The molecule has 126 valence electrons. The van der Waals surface area contributed by atoms with Crippen LogP contribution in [0.1, 0.15) is 17.7 Å². The van der Waals surface area contributed by atoms with Crippen molar-refractivity contribution in [1.82, 2.24) is 15.0 Å². The van der Waals surface area contributed by atoms with Gasteiger partial charge in [0.2, 0.25) is 0 Å². The van der Waals surface area contributed by atoms with E-state index in [1.807, 2.05) is 16.9 Å². The van der Waals surface area contributed by atoms with Gasteiger partial charge in [0.15, 0.2) is 10.0 Å². The van der Waals surface area contributed by atoms with E-state index in [9.17, 15) is 8.42 Å². The second kappa shape index (κ2) is 11.5. The summed E-state index contributed by atoms with van der Waals surface area (Å²) in [5, 5.41) is 12.6. The molecule has 0 aliphatic rings. The van der Waals surface area contributed by atoms with Crippen LogP contribution in [-0.4, -0.2) is 29.2 Å². The minimum atomic E-state index is -3.27. The first kappa shape index (κ1) is 22.0. The minimum Gasteiger partial charge on any atom is -0.342 e. The predicted molar refractivity (Wildman–Crippen MR) is 87.2 cm³/mol. The van der Waals surface area contributed by atoms with Gasteiger partial charge >= 0.3 is 21.1 Å². The third-order valence-electron chi connectivity index (χ3n) is 2.77. The molecule has 0 saturated heterocycles. The van der Waals surface area contributed by atoms with Crippen molar-refractivity contribution in [1.29, 1.82) is 0 Å². The number of rotatable bonds is 6. The Morgan fingerprint density at radius 1 is 1.13 bits per heavy atom. The Morgan fingerprint density at radius 3 is 2.26 bits per heavy atom. The van der Waals surface area contributed by atoms with Crippen molar-refractivity contribution in [2.24, 2.45) is 5.14 Å². The third-order valence-corrected chi connectivity index (χ3v) is 3.34. The van der Waals surface area contributed by atoms with E-state index in [4.69, 9.17) is 0 Å². The summed E-state index contributed by atoms with van der Waals surface area (Å²) in [6.07, 6.45) is 4.82. The zero-order chi connectivity index (χ0) is 16.4. The number of hydrogen-bond donors (Lipinski definition) is 1. The van der Waals surface area contributed by atoms with E-state index >= 15 is 0 Å². The van der Waals surface area contributed by atoms with E-state index in [2.05, 4.69) is 53.6 Å². The summed E-state index contributed by atoms with van der Waals surface area (Å²) in [6.45, 7) is 7.68. The molecular formula is C15H22N4O2SW. The van der Waals surface area contributed by atoms with Crippen LogP contribution in [0.15, 0.2) is 36.5 Å². The van der Waals surface area contributed by atoms with Gasteiger partial charge in [0.1, 0.15) is 0 Å². The number of aryl methyl sites for hydroxylation is 3. The van der Waals surface area contributed by atoms with Gasteiger partial charge in [-0.25, -0.2) is 13.6 Å². The Kier molecular flexibility index (Phi) is 11.0. The molecule has 0 unspecified atom stereocenters. The van der Waals surface area contributed by atoms with Crippen molar-refractivity contribution in [2.45, 2.75) is 25.8 Å². The standard InChI is InChI=1S/C13H16N3.C2H6NO2S.W/c1-2-10-16-11-13(14-15-16)9-8-12-6-4-3-5-7-12;1-2-6(3,4)5;/h3-7,11H,1-2,8-10H2;1-2H2,(H2,3,4,5);/q2*-1;+2. The molecule has 0 radical (unpaired) electrons. The number of hydrogen-bond acceptors (Lipinski definition) is 4. The molecule has 1 aromatic heterocycles. The average Bonchev–Trinajstić information content (AvgIpc) is 2.94. The van der Waals surface area contributed by atoms with Gasteiger partial charge in [0.25, 0.3) is 0 Å². The predicted octanol–water partition coefficient (Wildman–Crippen LogP) is 1.39. The molecule has 6 nitrogen and oxygen atoms in total. The van der Waals surface area contributed by atoms with Crippen molar-refractivity contribution < 1.29 is 29.5 Å². The summed E-state index contributed by atoms with van der Waals surface area (Å²) in [4.78, 5) is 0. The van der Waals surface area contributed by atoms with Crippen molar-refractivity contribution >= 4 is 10.0 Å². The zero-order valence-electron chi connectivity index (χ0n) is 13.0. The molecule has 0 fully saturated rings. The van der Waals surface area contributed by atoms with Crippen LogP contribution in [0.3, 0.4) is 0 Å². The third kappa shape index (κ3) is 10.4. The van der Waals surface area contributed by atoms with Crippen LogP contribution >= 0.6 is 0 Å². The van der Waals surface area contributed by atoms with Crippen LogP contribution in [0.5, 0.6) is 0 Å². The van der Waals surface area contributed by atoms with Crippen LogP contribution < -0.4 is 5.14 Å². The van der Waals surface area contributed by atoms with E-state index in [1.54, 1.807) is 0 Å². The fraction of sp³-hybridized carbons (Fsp3) is 0.333. The fourth-order valence-corrected chi connectivity index (χ4v) is 1.64. The number of primary sulfonamides is 1. The first-order valence-corrected chi connectivity index (χ1v) is 8.68. The molecule has 1 heterocycles. The zero-order valence-corrected chi connectivity index (χ0v) is 16.7. The summed E-state index contributed by atoms with van der Waals surface area (Å²) < 4.78 is 21.3. The molecule has 1 aromatic carbocycles. The summed E-state index contributed by atoms with van der Waals surface area (Å²) >= 11 is 0. The largest absolute Gasteiger partial charge is 2.00 e. The maximum atomic E-state index is 9.72. The SMILES string of the molecule is [CH2-]CCn1cc(CCc2ccccc2)nn1.[CH2-]CS(N)(=O)=O.[W+2].